The summed E-state index contributed by atoms with van der Waals surface area (Å²) < 4.78 is 16.0. The molecule has 0 amide bonds. The number of halogens is 1. The van der Waals surface area contributed by atoms with Gasteiger partial charge in [0.05, 0.1) is 11.4 Å². The van der Waals surface area contributed by atoms with E-state index in [0.717, 1.165) is 17.9 Å². The average Bonchev–Trinajstić information content (AvgIpc) is 3.16. The normalized spacial score (nSPS) is 16.4. The Morgan fingerprint density at radius 3 is 2.90 bits per heavy atom. The number of aromatic nitrogens is 2. The zero-order valence-corrected chi connectivity index (χ0v) is 11.9. The Hall–Kier alpha value is -1.68. The van der Waals surface area contributed by atoms with Gasteiger partial charge in [0.15, 0.2) is 0 Å². The summed E-state index contributed by atoms with van der Waals surface area (Å²) in [6.45, 7) is 4.81. The van der Waals surface area contributed by atoms with E-state index in [0.29, 0.717) is 11.5 Å². The van der Waals surface area contributed by atoms with E-state index in [1.165, 1.54) is 18.9 Å². The summed E-state index contributed by atoms with van der Waals surface area (Å²) in [6.07, 6.45) is 4.38. The van der Waals surface area contributed by atoms with E-state index in [1.807, 2.05) is 32.2 Å². The molecule has 1 aliphatic rings. The topological polar surface area (TPSA) is 29.9 Å². The van der Waals surface area contributed by atoms with Crippen molar-refractivity contribution in [3.05, 3.63) is 47.5 Å². The molecule has 0 saturated heterocycles. The molecule has 20 heavy (non-hydrogen) atoms. The Kier molecular flexibility index (Phi) is 3.57. The molecule has 0 spiro atoms. The molecule has 0 bridgehead atoms. The predicted octanol–water partition coefficient (Wildman–Crippen LogP) is 3.56. The lowest BCUT2D eigenvalue weighted by atomic mass is 10.1. The van der Waals surface area contributed by atoms with Crippen LogP contribution in [0.15, 0.2) is 30.5 Å². The summed E-state index contributed by atoms with van der Waals surface area (Å²) >= 11 is 0. The molecule has 4 heteroatoms. The van der Waals surface area contributed by atoms with E-state index in [9.17, 15) is 4.39 Å². The fourth-order valence-corrected chi connectivity index (χ4v) is 2.63. The highest BCUT2D eigenvalue weighted by Gasteiger charge is 2.26. The Balaban J connectivity index is 2.00. The van der Waals surface area contributed by atoms with Crippen LogP contribution in [0.3, 0.4) is 0 Å². The lowest BCUT2D eigenvalue weighted by Gasteiger charge is -2.18. The summed E-state index contributed by atoms with van der Waals surface area (Å²) in [7, 11) is 0. The van der Waals surface area contributed by atoms with Crippen molar-refractivity contribution in [1.29, 1.82) is 0 Å². The molecule has 1 fully saturated rings. The average molecular weight is 273 g/mol. The van der Waals surface area contributed by atoms with E-state index in [1.54, 1.807) is 10.7 Å². The number of hydrogen-bond donors (Lipinski definition) is 1. The molecule has 1 aromatic carbocycles. The minimum absolute atomic E-state index is 0.0372. The molecule has 1 aromatic heterocycles. The van der Waals surface area contributed by atoms with E-state index in [2.05, 4.69) is 10.4 Å². The summed E-state index contributed by atoms with van der Waals surface area (Å²) in [6, 6.07) is 7.19. The number of benzene rings is 1. The summed E-state index contributed by atoms with van der Waals surface area (Å²) in [5.74, 6) is 0.430. The maximum Gasteiger partial charge on any atom is 0.130 e. The quantitative estimate of drug-likeness (QED) is 0.902. The van der Waals surface area contributed by atoms with Crippen molar-refractivity contribution < 1.29 is 4.39 Å². The zero-order chi connectivity index (χ0) is 14.1. The van der Waals surface area contributed by atoms with Gasteiger partial charge in [0.1, 0.15) is 5.82 Å². The van der Waals surface area contributed by atoms with Gasteiger partial charge in [-0.3, -0.25) is 0 Å². The van der Waals surface area contributed by atoms with Gasteiger partial charge in [-0.15, -0.1) is 0 Å². The van der Waals surface area contributed by atoms with Crippen LogP contribution in [0.25, 0.3) is 5.69 Å². The Labute approximate surface area is 118 Å². The maximum atomic E-state index is 14.2. The van der Waals surface area contributed by atoms with Gasteiger partial charge in [0, 0.05) is 23.7 Å². The summed E-state index contributed by atoms with van der Waals surface area (Å²) in [5.41, 5.74) is 2.63. The van der Waals surface area contributed by atoms with E-state index < -0.39 is 0 Å². The van der Waals surface area contributed by atoms with Crippen LogP contribution < -0.4 is 5.32 Å². The van der Waals surface area contributed by atoms with Gasteiger partial charge in [-0.2, -0.15) is 5.10 Å². The van der Waals surface area contributed by atoms with Gasteiger partial charge in [-0.1, -0.05) is 13.0 Å². The van der Waals surface area contributed by atoms with Crippen LogP contribution in [-0.4, -0.2) is 16.3 Å². The van der Waals surface area contributed by atoms with Crippen molar-refractivity contribution in [2.45, 2.75) is 38.6 Å². The molecule has 1 aliphatic carbocycles. The van der Waals surface area contributed by atoms with Crippen LogP contribution in [0.2, 0.25) is 0 Å². The predicted molar refractivity (Wildman–Crippen MR) is 77.6 cm³/mol. The van der Waals surface area contributed by atoms with Gasteiger partial charge in [-0.25, -0.2) is 9.07 Å². The van der Waals surface area contributed by atoms with Crippen LogP contribution in [0.1, 0.15) is 49.9 Å². The lowest BCUT2D eigenvalue weighted by molar-refractivity contribution is 0.536. The van der Waals surface area contributed by atoms with Crippen molar-refractivity contribution in [3.8, 4) is 5.69 Å². The molecule has 3 rings (SSSR count). The molecule has 1 saturated carbocycles. The molecule has 0 radical (unpaired) electrons. The van der Waals surface area contributed by atoms with E-state index in [4.69, 9.17) is 0 Å². The maximum absolute atomic E-state index is 14.2. The number of hydrogen-bond acceptors (Lipinski definition) is 2. The molecule has 1 N–H and O–H groups in total. The SMILES string of the molecule is CCNC(C)c1c(F)cccc1-n1ccc(C2CC2)n1. The van der Waals surface area contributed by atoms with Crippen molar-refractivity contribution in [2.24, 2.45) is 0 Å². The molecule has 1 unspecified atom stereocenters. The van der Waals surface area contributed by atoms with Crippen molar-refractivity contribution in [3.63, 3.8) is 0 Å². The van der Waals surface area contributed by atoms with Gasteiger partial charge in [-0.05, 0) is 44.5 Å². The largest absolute Gasteiger partial charge is 0.310 e. The number of nitrogens with zero attached hydrogens (tertiary/aromatic N) is 2. The first-order valence-electron chi connectivity index (χ1n) is 7.28. The highest BCUT2D eigenvalue weighted by molar-refractivity contribution is 5.43. The monoisotopic (exact) mass is 273 g/mol. The van der Waals surface area contributed by atoms with E-state index in [-0.39, 0.29) is 11.9 Å². The Bertz CT molecular complexity index is 602. The Morgan fingerprint density at radius 1 is 1.40 bits per heavy atom. The van der Waals surface area contributed by atoms with Gasteiger partial charge < -0.3 is 5.32 Å². The first kappa shape index (κ1) is 13.3. The molecule has 1 heterocycles. The van der Waals surface area contributed by atoms with Gasteiger partial charge in [0.25, 0.3) is 0 Å². The second-order valence-corrected chi connectivity index (χ2v) is 5.41. The molecule has 2 aromatic rings. The highest BCUT2D eigenvalue weighted by atomic mass is 19.1. The van der Waals surface area contributed by atoms with Gasteiger partial charge >= 0.3 is 0 Å². The first-order valence-corrected chi connectivity index (χ1v) is 7.28. The van der Waals surface area contributed by atoms with Crippen LogP contribution in [-0.2, 0) is 0 Å². The molecule has 0 aliphatic heterocycles. The number of rotatable bonds is 5. The van der Waals surface area contributed by atoms with Crippen molar-refractivity contribution >= 4 is 0 Å². The van der Waals surface area contributed by atoms with Gasteiger partial charge in [0.2, 0.25) is 0 Å². The molecule has 3 nitrogen and oxygen atoms in total. The third kappa shape index (κ3) is 2.48. The molecule has 1 atom stereocenters. The third-order valence-corrected chi connectivity index (χ3v) is 3.83. The number of nitrogens with one attached hydrogen (secondary N) is 1. The summed E-state index contributed by atoms with van der Waals surface area (Å²) in [5, 5.41) is 7.88. The lowest BCUT2D eigenvalue weighted by Crippen LogP contribution is -2.21. The first-order chi connectivity index (χ1) is 9.70. The van der Waals surface area contributed by atoms with Crippen LogP contribution in [0.4, 0.5) is 4.39 Å². The smallest absolute Gasteiger partial charge is 0.130 e. The second-order valence-electron chi connectivity index (χ2n) is 5.41. The minimum atomic E-state index is -0.181. The van der Waals surface area contributed by atoms with Crippen LogP contribution >= 0.6 is 0 Å². The second kappa shape index (κ2) is 5.37. The minimum Gasteiger partial charge on any atom is -0.310 e. The third-order valence-electron chi connectivity index (χ3n) is 3.83. The standard InChI is InChI=1S/C16H20FN3/c1-3-18-11(2)16-13(17)5-4-6-15(16)20-10-9-14(19-20)12-7-8-12/h4-6,9-12,18H,3,7-8H2,1-2H3. The fourth-order valence-electron chi connectivity index (χ4n) is 2.63. The zero-order valence-electron chi connectivity index (χ0n) is 11.9. The van der Waals surface area contributed by atoms with Crippen molar-refractivity contribution in [1.82, 2.24) is 15.1 Å². The highest BCUT2D eigenvalue weighted by Crippen LogP contribution is 2.39. The van der Waals surface area contributed by atoms with Crippen molar-refractivity contribution in [2.75, 3.05) is 6.54 Å². The fraction of sp³-hybridized carbons (Fsp3) is 0.438. The molecular formula is C16H20FN3. The van der Waals surface area contributed by atoms with Crippen LogP contribution in [0, 0.1) is 5.82 Å². The summed E-state index contributed by atoms with van der Waals surface area (Å²) in [4.78, 5) is 0. The van der Waals surface area contributed by atoms with E-state index >= 15 is 0 Å². The molecule has 106 valence electrons. The Morgan fingerprint density at radius 2 is 2.20 bits per heavy atom. The van der Waals surface area contributed by atoms with Crippen LogP contribution in [0.5, 0.6) is 0 Å². The molecular weight excluding hydrogens is 253 g/mol.